The van der Waals surface area contributed by atoms with Crippen LogP contribution in [-0.4, -0.2) is 0 Å². The molecule has 0 N–H and O–H groups in total. The minimum atomic E-state index is -1.00. The number of benzene rings is 6. The molecule has 0 unspecified atom stereocenters. The first kappa shape index (κ1) is 42.7. The molecule has 4 nitrogen and oxygen atoms in total. The van der Waals surface area contributed by atoms with Gasteiger partial charge in [0.2, 0.25) is 0 Å². The second kappa shape index (κ2) is 14.8. The monoisotopic (exact) mass is 836 g/mol. The van der Waals surface area contributed by atoms with Crippen LogP contribution in [0.2, 0.25) is 0 Å². The predicted molar refractivity (Wildman–Crippen MR) is 249 cm³/mol. The van der Waals surface area contributed by atoms with E-state index in [1.807, 2.05) is 68.1 Å². The third-order valence-electron chi connectivity index (χ3n) is 12.0. The van der Waals surface area contributed by atoms with Crippen molar-refractivity contribution >= 4 is 45.5 Å². The van der Waals surface area contributed by atoms with Gasteiger partial charge in [0, 0.05) is 47.0 Å². The molecule has 0 aromatic heterocycles. The Morgan fingerprint density at radius 2 is 0.435 bits per heavy atom. The summed E-state index contributed by atoms with van der Waals surface area (Å²) in [7, 11) is 0. The summed E-state index contributed by atoms with van der Waals surface area (Å²) >= 11 is 0. The van der Waals surface area contributed by atoms with Gasteiger partial charge in [-0.25, -0.2) is 17.6 Å². The van der Waals surface area contributed by atoms with Crippen molar-refractivity contribution in [1.29, 1.82) is 0 Å². The lowest BCUT2D eigenvalue weighted by atomic mass is 9.87. The Hall–Kier alpha value is -6.02. The van der Waals surface area contributed by atoms with E-state index >= 15 is 17.6 Å². The van der Waals surface area contributed by atoms with Crippen LogP contribution in [0.25, 0.3) is 0 Å². The molecule has 0 saturated heterocycles. The van der Waals surface area contributed by atoms with Crippen LogP contribution in [0.3, 0.4) is 0 Å². The van der Waals surface area contributed by atoms with Crippen LogP contribution in [0.15, 0.2) is 133 Å². The summed E-state index contributed by atoms with van der Waals surface area (Å²) < 4.78 is 63.3. The summed E-state index contributed by atoms with van der Waals surface area (Å²) in [6.07, 6.45) is 0. The quantitative estimate of drug-likeness (QED) is 0.164. The molecule has 8 heteroatoms. The molecule has 2 aliphatic rings. The third-order valence-corrected chi connectivity index (χ3v) is 12.0. The summed E-state index contributed by atoms with van der Waals surface area (Å²) in [5.41, 5.74) is 8.04. The fourth-order valence-electron chi connectivity index (χ4n) is 8.31. The van der Waals surface area contributed by atoms with Gasteiger partial charge in [-0.1, -0.05) is 132 Å². The first-order valence-corrected chi connectivity index (χ1v) is 21.3. The van der Waals surface area contributed by atoms with Gasteiger partial charge in [0.1, 0.15) is 0 Å². The smallest absolute Gasteiger partial charge is 0.166 e. The van der Waals surface area contributed by atoms with Crippen LogP contribution in [0.5, 0.6) is 0 Å². The van der Waals surface area contributed by atoms with Gasteiger partial charge in [-0.3, -0.25) is 19.6 Å². The zero-order chi connectivity index (χ0) is 44.8. The molecule has 0 aliphatic carbocycles. The summed E-state index contributed by atoms with van der Waals surface area (Å²) in [5.74, 6) is -3.02. The van der Waals surface area contributed by atoms with Crippen LogP contribution in [0, 0.1) is 23.3 Å². The Morgan fingerprint density at radius 1 is 0.274 bits per heavy atom. The first-order chi connectivity index (χ1) is 28.9. The van der Waals surface area contributed by atoms with E-state index in [-0.39, 0.29) is 21.7 Å². The van der Waals surface area contributed by atoms with Gasteiger partial charge in [-0.05, 0) is 92.4 Å². The van der Waals surface area contributed by atoms with E-state index in [0.29, 0.717) is 57.1 Å². The van der Waals surface area contributed by atoms with Crippen molar-refractivity contribution in [2.75, 3.05) is 19.6 Å². The highest BCUT2D eigenvalue weighted by Crippen LogP contribution is 2.58. The standard InChI is InChI=1S/C54H56F4N4/c1-51(2,3)33-13-21-37(22-14-33)59-45-29-41(55)42(56)30-46(45)60(38-23-15-34(16-24-38)52(4,5)6)49(59)50-61(39-25-17-35(18-26-39)53(7,8)9)47-31-43(57)44(58)32-48(47)62(50)40-27-19-36(20-28-40)54(10,11)12/h13-32H,1-12H3. The van der Waals surface area contributed by atoms with Gasteiger partial charge in [0.05, 0.1) is 22.7 Å². The van der Waals surface area contributed by atoms with Crippen LogP contribution in [0.1, 0.15) is 105 Å². The van der Waals surface area contributed by atoms with Crippen LogP contribution in [0.4, 0.5) is 63.1 Å². The Labute approximate surface area is 364 Å². The Morgan fingerprint density at radius 3 is 0.581 bits per heavy atom. The fourth-order valence-corrected chi connectivity index (χ4v) is 8.31. The Bertz CT molecular complexity index is 2320. The Kier molecular flexibility index (Phi) is 10.2. The SMILES string of the molecule is CC(C)(C)c1ccc(N2C(=C3N(c4ccc(C(C)(C)C)cc4)c4cc(F)c(F)cc4N3c3ccc(C(C)(C)C)cc3)N(c3ccc(C(C)(C)C)cc3)c3cc(F)c(F)cc32)cc1. The largest absolute Gasteiger partial charge is 0.291 e. The summed E-state index contributed by atoms with van der Waals surface area (Å²) in [4.78, 5) is 7.73. The van der Waals surface area contributed by atoms with E-state index in [9.17, 15) is 0 Å². The number of rotatable bonds is 4. The van der Waals surface area contributed by atoms with Crippen LogP contribution < -0.4 is 19.6 Å². The normalized spacial score (nSPS) is 14.6. The molecule has 6 aromatic carbocycles. The average molecular weight is 837 g/mol. The maximum Gasteiger partial charge on any atom is 0.166 e. The van der Waals surface area contributed by atoms with Crippen molar-refractivity contribution < 1.29 is 17.6 Å². The maximum absolute atomic E-state index is 15.8. The molecule has 0 radical (unpaired) electrons. The lowest BCUT2D eigenvalue weighted by Crippen LogP contribution is -2.33. The molecule has 62 heavy (non-hydrogen) atoms. The van der Waals surface area contributed by atoms with E-state index in [0.717, 1.165) is 22.3 Å². The van der Waals surface area contributed by atoms with E-state index in [2.05, 4.69) is 132 Å². The second-order valence-electron chi connectivity index (χ2n) is 20.7. The number of anilines is 8. The fraction of sp³-hybridized carbons (Fsp3) is 0.296. The zero-order valence-corrected chi connectivity index (χ0v) is 37.8. The lowest BCUT2D eigenvalue weighted by molar-refractivity contribution is 0.509. The molecule has 8 rings (SSSR count). The van der Waals surface area contributed by atoms with Gasteiger partial charge in [-0.15, -0.1) is 0 Å². The van der Waals surface area contributed by atoms with Crippen molar-refractivity contribution in [1.82, 2.24) is 0 Å². The molecule has 0 atom stereocenters. The average Bonchev–Trinajstić information content (AvgIpc) is 3.68. The van der Waals surface area contributed by atoms with Gasteiger partial charge < -0.3 is 0 Å². The second-order valence-corrected chi connectivity index (χ2v) is 20.7. The molecule has 2 aliphatic heterocycles. The zero-order valence-electron chi connectivity index (χ0n) is 37.8. The van der Waals surface area contributed by atoms with Crippen LogP contribution >= 0.6 is 0 Å². The van der Waals surface area contributed by atoms with Gasteiger partial charge in [0.25, 0.3) is 0 Å². The number of halogens is 4. The molecule has 6 aromatic rings. The molecule has 0 bridgehead atoms. The van der Waals surface area contributed by atoms with Crippen molar-refractivity contribution in [2.24, 2.45) is 0 Å². The van der Waals surface area contributed by atoms with Gasteiger partial charge in [-0.2, -0.15) is 0 Å². The number of hydrogen-bond acceptors (Lipinski definition) is 4. The van der Waals surface area contributed by atoms with E-state index < -0.39 is 23.3 Å². The summed E-state index contributed by atoms with van der Waals surface area (Å²) in [6, 6.07) is 37.3. The molecular weight excluding hydrogens is 781 g/mol. The summed E-state index contributed by atoms with van der Waals surface area (Å²) in [6.45, 7) is 25.7. The van der Waals surface area contributed by atoms with Gasteiger partial charge in [0.15, 0.2) is 34.9 Å². The van der Waals surface area contributed by atoms with Crippen molar-refractivity contribution in [3.8, 4) is 0 Å². The molecule has 320 valence electrons. The first-order valence-electron chi connectivity index (χ1n) is 21.3. The van der Waals surface area contributed by atoms with E-state index in [4.69, 9.17) is 0 Å². The highest BCUT2D eigenvalue weighted by Gasteiger charge is 2.46. The number of nitrogens with zero attached hydrogens (tertiary/aromatic N) is 4. The lowest BCUT2D eigenvalue weighted by Gasteiger charge is -2.35. The molecular formula is C54H56F4N4. The number of hydrogen-bond donors (Lipinski definition) is 0. The minimum Gasteiger partial charge on any atom is -0.291 e. The highest BCUT2D eigenvalue weighted by molar-refractivity contribution is 6.00. The Balaban J connectivity index is 1.54. The molecule has 0 saturated carbocycles. The van der Waals surface area contributed by atoms with Crippen molar-refractivity contribution in [2.45, 2.75) is 105 Å². The topological polar surface area (TPSA) is 13.0 Å². The number of fused-ring (bicyclic) bond motifs is 2. The van der Waals surface area contributed by atoms with Crippen molar-refractivity contribution in [3.63, 3.8) is 0 Å². The predicted octanol–water partition coefficient (Wildman–Crippen LogP) is 15.8. The minimum absolute atomic E-state index is 0.161. The molecule has 0 spiro atoms. The summed E-state index contributed by atoms with van der Waals surface area (Å²) in [5, 5.41) is 0. The maximum atomic E-state index is 15.8. The van der Waals surface area contributed by atoms with E-state index in [1.165, 1.54) is 24.3 Å². The van der Waals surface area contributed by atoms with Crippen molar-refractivity contribution in [3.05, 3.63) is 178 Å². The molecule has 2 heterocycles. The molecule has 0 fully saturated rings. The van der Waals surface area contributed by atoms with Gasteiger partial charge >= 0.3 is 0 Å². The van der Waals surface area contributed by atoms with Crippen LogP contribution in [-0.2, 0) is 21.7 Å². The third kappa shape index (κ3) is 7.52. The highest BCUT2D eigenvalue weighted by atomic mass is 19.2. The molecule has 0 amide bonds. The van der Waals surface area contributed by atoms with E-state index in [1.54, 1.807) is 0 Å².